The van der Waals surface area contributed by atoms with Gasteiger partial charge in [0.25, 0.3) is 0 Å². The lowest BCUT2D eigenvalue weighted by atomic mass is 10.1. The van der Waals surface area contributed by atoms with Crippen molar-refractivity contribution >= 4 is 11.8 Å². The zero-order valence-electron chi connectivity index (χ0n) is 11.5. The number of anilines is 1. The summed E-state index contributed by atoms with van der Waals surface area (Å²) in [6.45, 7) is 0.0647. The predicted octanol–water partition coefficient (Wildman–Crippen LogP) is 2.94. The van der Waals surface area contributed by atoms with E-state index in [0.29, 0.717) is 6.42 Å². The lowest BCUT2D eigenvalue weighted by Crippen LogP contribution is -2.31. The van der Waals surface area contributed by atoms with E-state index in [1.807, 2.05) is 30.3 Å². The van der Waals surface area contributed by atoms with Crippen molar-refractivity contribution in [1.82, 2.24) is 0 Å². The van der Waals surface area contributed by atoms with Gasteiger partial charge in [0.15, 0.2) is 0 Å². The molecule has 0 spiro atoms. The Balaban J connectivity index is 1.77. The summed E-state index contributed by atoms with van der Waals surface area (Å²) >= 11 is 0. The minimum Gasteiger partial charge on any atom is -0.448 e. The molecule has 0 radical (unpaired) electrons. The minimum atomic E-state index is -0.719. The third kappa shape index (κ3) is 4.89. The fraction of sp³-hybridized carbons (Fsp3) is 0.188. The molecule has 21 heavy (non-hydrogen) atoms. The molecule has 0 aliphatic carbocycles. The maximum absolute atomic E-state index is 13.3. The Labute approximate surface area is 122 Å². The van der Waals surface area contributed by atoms with Crippen molar-refractivity contribution in [1.29, 1.82) is 0 Å². The fourth-order valence-electron chi connectivity index (χ4n) is 1.87. The van der Waals surface area contributed by atoms with Crippen molar-refractivity contribution in [3.05, 3.63) is 66.0 Å². The van der Waals surface area contributed by atoms with Crippen LogP contribution in [0.4, 0.5) is 14.9 Å². The van der Waals surface area contributed by atoms with Crippen molar-refractivity contribution in [3.63, 3.8) is 0 Å². The molecule has 4 nitrogen and oxygen atoms in total. The van der Waals surface area contributed by atoms with E-state index in [4.69, 9.17) is 10.5 Å². The van der Waals surface area contributed by atoms with Crippen molar-refractivity contribution in [2.24, 2.45) is 5.73 Å². The van der Waals surface area contributed by atoms with Crippen LogP contribution in [0.1, 0.15) is 5.56 Å². The van der Waals surface area contributed by atoms with E-state index >= 15 is 0 Å². The second-order valence-corrected chi connectivity index (χ2v) is 4.65. The number of nitrogens with two attached hydrogens (primary N) is 1. The molecule has 0 heterocycles. The molecule has 0 aromatic heterocycles. The molecule has 1 unspecified atom stereocenters. The quantitative estimate of drug-likeness (QED) is 0.889. The highest BCUT2D eigenvalue weighted by Gasteiger charge is 2.10. The molecular weight excluding hydrogens is 271 g/mol. The zero-order valence-corrected chi connectivity index (χ0v) is 11.5. The van der Waals surface area contributed by atoms with Crippen LogP contribution in [0.25, 0.3) is 0 Å². The molecular formula is C16H17FN2O2. The molecule has 1 amide bonds. The fourth-order valence-corrected chi connectivity index (χ4v) is 1.87. The van der Waals surface area contributed by atoms with Gasteiger partial charge in [-0.05, 0) is 24.1 Å². The number of hydrogen-bond acceptors (Lipinski definition) is 3. The third-order valence-corrected chi connectivity index (χ3v) is 2.88. The Hall–Kier alpha value is -2.40. The van der Waals surface area contributed by atoms with Gasteiger partial charge in [0.1, 0.15) is 12.4 Å². The Morgan fingerprint density at radius 2 is 1.81 bits per heavy atom. The first-order valence-corrected chi connectivity index (χ1v) is 6.63. The Kier molecular flexibility index (Phi) is 5.29. The molecule has 3 N–H and O–H groups in total. The molecule has 2 aromatic carbocycles. The van der Waals surface area contributed by atoms with Crippen LogP contribution < -0.4 is 11.1 Å². The molecule has 2 aromatic rings. The lowest BCUT2D eigenvalue weighted by molar-refractivity contribution is 0.153. The Morgan fingerprint density at radius 1 is 1.14 bits per heavy atom. The van der Waals surface area contributed by atoms with E-state index in [-0.39, 0.29) is 18.3 Å². The molecule has 0 fully saturated rings. The summed E-state index contributed by atoms with van der Waals surface area (Å²) in [5, 5.41) is 2.34. The van der Waals surface area contributed by atoms with Crippen LogP contribution in [0.15, 0.2) is 54.6 Å². The summed E-state index contributed by atoms with van der Waals surface area (Å²) in [4.78, 5) is 11.6. The number of hydrogen-bond donors (Lipinski definition) is 2. The first-order chi connectivity index (χ1) is 10.1. The maximum Gasteiger partial charge on any atom is 0.411 e. The predicted molar refractivity (Wildman–Crippen MR) is 79.5 cm³/mol. The highest BCUT2D eigenvalue weighted by atomic mass is 19.1. The topological polar surface area (TPSA) is 64.3 Å². The first-order valence-electron chi connectivity index (χ1n) is 6.63. The van der Waals surface area contributed by atoms with Crippen LogP contribution in [0.5, 0.6) is 0 Å². The second kappa shape index (κ2) is 7.40. The van der Waals surface area contributed by atoms with Gasteiger partial charge in [-0.25, -0.2) is 9.18 Å². The SMILES string of the molecule is NC(COC(=O)Nc1ccccc1F)Cc1ccccc1. The number of ether oxygens (including phenoxy) is 1. The van der Waals surface area contributed by atoms with E-state index in [1.54, 1.807) is 12.1 Å². The first kappa shape index (κ1) is 15.0. The van der Waals surface area contributed by atoms with Gasteiger partial charge in [-0.3, -0.25) is 5.32 Å². The van der Waals surface area contributed by atoms with Crippen molar-refractivity contribution in [2.45, 2.75) is 12.5 Å². The largest absolute Gasteiger partial charge is 0.448 e. The van der Waals surface area contributed by atoms with E-state index in [2.05, 4.69) is 5.32 Å². The number of rotatable bonds is 5. The number of nitrogens with one attached hydrogen (secondary N) is 1. The normalized spacial score (nSPS) is 11.7. The lowest BCUT2D eigenvalue weighted by Gasteiger charge is -2.13. The summed E-state index contributed by atoms with van der Waals surface area (Å²) in [7, 11) is 0. The highest BCUT2D eigenvalue weighted by Crippen LogP contribution is 2.12. The van der Waals surface area contributed by atoms with Gasteiger partial charge in [0, 0.05) is 6.04 Å². The standard InChI is InChI=1S/C16H17FN2O2/c17-14-8-4-5-9-15(14)19-16(20)21-11-13(18)10-12-6-2-1-3-7-12/h1-9,13H,10-11,18H2,(H,19,20). The Bertz CT molecular complexity index is 590. The van der Waals surface area contributed by atoms with Gasteiger partial charge >= 0.3 is 6.09 Å². The average molecular weight is 288 g/mol. The van der Waals surface area contributed by atoms with E-state index in [1.165, 1.54) is 12.1 Å². The van der Waals surface area contributed by atoms with Crippen molar-refractivity contribution in [3.8, 4) is 0 Å². The zero-order chi connectivity index (χ0) is 15.1. The van der Waals surface area contributed by atoms with Gasteiger partial charge in [0.2, 0.25) is 0 Å². The number of carbonyl (C=O) groups is 1. The van der Waals surface area contributed by atoms with Gasteiger partial charge < -0.3 is 10.5 Å². The number of benzene rings is 2. The monoisotopic (exact) mass is 288 g/mol. The van der Waals surface area contributed by atoms with Gasteiger partial charge in [-0.2, -0.15) is 0 Å². The molecule has 0 aliphatic rings. The maximum atomic E-state index is 13.3. The second-order valence-electron chi connectivity index (χ2n) is 4.65. The Morgan fingerprint density at radius 3 is 2.52 bits per heavy atom. The van der Waals surface area contributed by atoms with Gasteiger partial charge in [0.05, 0.1) is 5.69 Å². The number of halogens is 1. The van der Waals surface area contributed by atoms with Crippen molar-refractivity contribution in [2.75, 3.05) is 11.9 Å². The molecule has 0 saturated heterocycles. The molecule has 1 atom stereocenters. The number of para-hydroxylation sites is 1. The van der Waals surface area contributed by atoms with Crippen LogP contribution in [-0.4, -0.2) is 18.7 Å². The summed E-state index contributed by atoms with van der Waals surface area (Å²) < 4.78 is 18.3. The third-order valence-electron chi connectivity index (χ3n) is 2.88. The van der Waals surface area contributed by atoms with Gasteiger partial charge in [-0.1, -0.05) is 42.5 Å². The van der Waals surface area contributed by atoms with Crippen LogP contribution in [-0.2, 0) is 11.2 Å². The molecule has 2 rings (SSSR count). The molecule has 0 bridgehead atoms. The molecule has 110 valence electrons. The molecule has 5 heteroatoms. The smallest absolute Gasteiger partial charge is 0.411 e. The summed E-state index contributed by atoms with van der Waals surface area (Å²) in [5.74, 6) is -0.511. The van der Waals surface area contributed by atoms with E-state index in [0.717, 1.165) is 5.56 Å². The van der Waals surface area contributed by atoms with Crippen LogP contribution >= 0.6 is 0 Å². The number of carbonyl (C=O) groups excluding carboxylic acids is 1. The van der Waals surface area contributed by atoms with E-state index in [9.17, 15) is 9.18 Å². The summed E-state index contributed by atoms with van der Waals surface area (Å²) in [6, 6.07) is 15.3. The van der Waals surface area contributed by atoms with Crippen molar-refractivity contribution < 1.29 is 13.9 Å². The van der Waals surface area contributed by atoms with Crippen LogP contribution in [0.3, 0.4) is 0 Å². The minimum absolute atomic E-state index is 0.0647. The van der Waals surface area contributed by atoms with Crippen LogP contribution in [0.2, 0.25) is 0 Å². The highest BCUT2D eigenvalue weighted by molar-refractivity contribution is 5.84. The molecule has 0 saturated carbocycles. The summed E-state index contributed by atoms with van der Waals surface area (Å²) in [5.41, 5.74) is 7.05. The van der Waals surface area contributed by atoms with Gasteiger partial charge in [-0.15, -0.1) is 0 Å². The van der Waals surface area contributed by atoms with Crippen LogP contribution in [0, 0.1) is 5.82 Å². The number of amides is 1. The average Bonchev–Trinajstić information content (AvgIpc) is 2.49. The van der Waals surface area contributed by atoms with E-state index < -0.39 is 11.9 Å². The molecule has 0 aliphatic heterocycles. The summed E-state index contributed by atoms with van der Waals surface area (Å²) in [6.07, 6.45) is -0.114.